The van der Waals surface area contributed by atoms with E-state index in [0.29, 0.717) is 24.4 Å². The Morgan fingerprint density at radius 2 is 2.21 bits per heavy atom. The molecule has 0 radical (unpaired) electrons. The zero-order valence-corrected chi connectivity index (χ0v) is 10.8. The summed E-state index contributed by atoms with van der Waals surface area (Å²) in [7, 11) is 1.93. The summed E-state index contributed by atoms with van der Waals surface area (Å²) in [5.74, 6) is 8.03. The minimum Gasteiger partial charge on any atom is -0.581 e. The third-order valence-corrected chi connectivity index (χ3v) is 3.44. The van der Waals surface area contributed by atoms with Gasteiger partial charge < -0.3 is 15.4 Å². The number of aromatic nitrogens is 3. The van der Waals surface area contributed by atoms with Crippen molar-refractivity contribution in [3.63, 3.8) is 0 Å². The van der Waals surface area contributed by atoms with Crippen molar-refractivity contribution in [2.45, 2.75) is 13.3 Å². The number of nitrogens with zero attached hydrogens (tertiary/aromatic N) is 4. The summed E-state index contributed by atoms with van der Waals surface area (Å²) in [6, 6.07) is 3.65. The molecule has 3 rings (SSSR count). The number of hydrogen-bond acceptors (Lipinski definition) is 3. The Balaban J connectivity index is 2.15. The van der Waals surface area contributed by atoms with E-state index in [2.05, 4.69) is 9.97 Å². The molecule has 0 unspecified atom stereocenters. The summed E-state index contributed by atoms with van der Waals surface area (Å²) < 4.78 is 1.99. The molecule has 2 aromatic rings. The van der Waals surface area contributed by atoms with E-state index in [1.165, 1.54) is 0 Å². The second-order valence-electron chi connectivity index (χ2n) is 4.64. The first-order valence-corrected chi connectivity index (χ1v) is 6.09. The monoisotopic (exact) mass is 256 g/mol. The van der Waals surface area contributed by atoms with Gasteiger partial charge in [-0.15, -0.1) is 0 Å². The van der Waals surface area contributed by atoms with Crippen LogP contribution in [0.4, 0.5) is 0 Å². The van der Waals surface area contributed by atoms with E-state index in [-0.39, 0.29) is 5.91 Å². The second-order valence-corrected chi connectivity index (χ2v) is 4.64. The van der Waals surface area contributed by atoms with Gasteiger partial charge in [0.2, 0.25) is 5.91 Å². The molecule has 0 saturated carbocycles. The quantitative estimate of drug-likeness (QED) is 0.780. The normalized spacial score (nSPS) is 14.7. The van der Waals surface area contributed by atoms with E-state index < -0.39 is 0 Å². The lowest BCUT2D eigenvalue weighted by atomic mass is 10.1. The molecule has 0 bridgehead atoms. The fraction of sp³-hybridized carbons (Fsp3) is 0.308. The van der Waals surface area contributed by atoms with Crippen LogP contribution in [-0.2, 0) is 13.5 Å². The maximum Gasteiger partial charge on any atom is 0.238 e. The minimum absolute atomic E-state index is 0.242. The molecule has 0 spiro atoms. The van der Waals surface area contributed by atoms with Crippen LogP contribution < -0.4 is 0 Å². The van der Waals surface area contributed by atoms with E-state index in [1.807, 2.05) is 30.7 Å². The summed E-state index contributed by atoms with van der Waals surface area (Å²) in [5, 5.41) is 1.01. The highest BCUT2D eigenvalue weighted by atomic mass is 16.2. The van der Waals surface area contributed by atoms with E-state index in [4.69, 9.17) is 5.84 Å². The molecule has 1 amide bonds. The highest BCUT2D eigenvalue weighted by molar-refractivity contribution is 5.98. The van der Waals surface area contributed by atoms with Crippen LogP contribution in [-0.4, -0.2) is 32.0 Å². The molecule has 3 heterocycles. The molecule has 0 fully saturated rings. The van der Waals surface area contributed by atoms with Gasteiger partial charge in [0.25, 0.3) is 0 Å². The lowest BCUT2D eigenvalue weighted by Gasteiger charge is -2.31. The molecule has 98 valence electrons. The van der Waals surface area contributed by atoms with Gasteiger partial charge in [0.05, 0.1) is 17.0 Å². The molecule has 6 nitrogen and oxygen atoms in total. The average molecular weight is 256 g/mol. The van der Waals surface area contributed by atoms with Crippen molar-refractivity contribution < 1.29 is 4.79 Å². The molecular formula is C13H14N5O-. The number of rotatable bonds is 1. The first-order chi connectivity index (χ1) is 9.08. The van der Waals surface area contributed by atoms with Gasteiger partial charge in [-0.2, -0.15) is 0 Å². The molecule has 0 aliphatic carbocycles. The van der Waals surface area contributed by atoms with Crippen LogP contribution in [0.3, 0.4) is 0 Å². The molecule has 1 aliphatic heterocycles. The molecule has 2 aromatic heterocycles. The fourth-order valence-corrected chi connectivity index (χ4v) is 2.44. The van der Waals surface area contributed by atoms with Crippen molar-refractivity contribution in [3.8, 4) is 11.4 Å². The van der Waals surface area contributed by atoms with Gasteiger partial charge in [0.1, 0.15) is 5.82 Å². The maximum atomic E-state index is 12.0. The van der Waals surface area contributed by atoms with Crippen molar-refractivity contribution >= 4 is 5.91 Å². The Kier molecular flexibility index (Phi) is 2.60. The van der Waals surface area contributed by atoms with Gasteiger partial charge >= 0.3 is 0 Å². The lowest BCUT2D eigenvalue weighted by Crippen LogP contribution is -2.31. The number of carbonyl (C=O) groups excluding carboxylic acids is 1. The zero-order valence-electron chi connectivity index (χ0n) is 10.8. The number of amides is 1. The van der Waals surface area contributed by atoms with Crippen LogP contribution in [0.5, 0.6) is 0 Å². The Morgan fingerprint density at radius 3 is 2.95 bits per heavy atom. The van der Waals surface area contributed by atoms with Crippen LogP contribution in [0.2, 0.25) is 0 Å². The van der Waals surface area contributed by atoms with Crippen molar-refractivity contribution in [1.29, 1.82) is 0 Å². The average Bonchev–Trinajstić information content (AvgIpc) is 2.72. The van der Waals surface area contributed by atoms with Gasteiger partial charge in [0.15, 0.2) is 0 Å². The van der Waals surface area contributed by atoms with Crippen LogP contribution >= 0.6 is 0 Å². The molecule has 6 heteroatoms. The summed E-state index contributed by atoms with van der Waals surface area (Å²) in [4.78, 5) is 20.4. The highest BCUT2D eigenvalue weighted by Gasteiger charge is 2.24. The molecule has 0 saturated heterocycles. The maximum absolute atomic E-state index is 12.0. The van der Waals surface area contributed by atoms with E-state index in [0.717, 1.165) is 22.1 Å². The third-order valence-electron chi connectivity index (χ3n) is 3.44. The summed E-state index contributed by atoms with van der Waals surface area (Å²) in [6.45, 7) is 2.27. The molecule has 0 aromatic carbocycles. The van der Waals surface area contributed by atoms with Gasteiger partial charge in [0, 0.05) is 31.9 Å². The highest BCUT2D eigenvalue weighted by Crippen LogP contribution is 2.27. The SMILES string of the molecule is Cc1nccc(-c2cc3c(n2C)CCN([NH-])C3=O)n1. The second kappa shape index (κ2) is 4.17. The standard InChI is InChI=1S/C13H14N5O/c1-8-15-5-3-10(16-8)12-7-9-11(17(12)2)4-6-18(14)13(9)19/h3,5,7,14H,4,6H2,1-2H3/q-1. The van der Waals surface area contributed by atoms with Gasteiger partial charge in [-0.1, -0.05) is 0 Å². The van der Waals surface area contributed by atoms with E-state index >= 15 is 0 Å². The van der Waals surface area contributed by atoms with Crippen LogP contribution in [0.25, 0.3) is 17.2 Å². The van der Waals surface area contributed by atoms with Crippen LogP contribution in [0, 0.1) is 6.92 Å². The number of fused-ring (bicyclic) bond motifs is 1. The Bertz CT molecular complexity index is 661. The summed E-state index contributed by atoms with van der Waals surface area (Å²) >= 11 is 0. The van der Waals surface area contributed by atoms with Crippen molar-refractivity contribution in [2.75, 3.05) is 6.54 Å². The number of aryl methyl sites for hydroxylation is 1. The molecular weight excluding hydrogens is 242 g/mol. The largest absolute Gasteiger partial charge is 0.581 e. The summed E-state index contributed by atoms with van der Waals surface area (Å²) in [5.41, 5.74) is 3.27. The number of carbonyl (C=O) groups is 1. The number of hydrogen-bond donors (Lipinski definition) is 0. The predicted octanol–water partition coefficient (Wildman–Crippen LogP) is 1.76. The van der Waals surface area contributed by atoms with Crippen molar-refractivity contribution in [3.05, 3.63) is 41.3 Å². The third kappa shape index (κ3) is 1.80. The predicted molar refractivity (Wildman–Crippen MR) is 70.2 cm³/mol. The molecule has 0 atom stereocenters. The lowest BCUT2D eigenvalue weighted by molar-refractivity contribution is 0.0808. The molecule has 19 heavy (non-hydrogen) atoms. The topological polar surface area (TPSA) is 74.8 Å². The first kappa shape index (κ1) is 11.9. The first-order valence-electron chi connectivity index (χ1n) is 6.09. The van der Waals surface area contributed by atoms with E-state index in [1.54, 1.807) is 6.20 Å². The molecule has 1 N–H and O–H groups in total. The Hall–Kier alpha value is -2.21. The minimum atomic E-state index is -0.242. The fourth-order valence-electron chi connectivity index (χ4n) is 2.44. The number of nitrogens with one attached hydrogen (secondary N) is 1. The van der Waals surface area contributed by atoms with Crippen LogP contribution in [0.15, 0.2) is 18.3 Å². The van der Waals surface area contributed by atoms with Crippen molar-refractivity contribution in [2.24, 2.45) is 7.05 Å². The smallest absolute Gasteiger partial charge is 0.238 e. The summed E-state index contributed by atoms with van der Waals surface area (Å²) in [6.07, 6.45) is 2.41. The van der Waals surface area contributed by atoms with Gasteiger partial charge in [-0.25, -0.2) is 9.97 Å². The Morgan fingerprint density at radius 1 is 1.42 bits per heavy atom. The van der Waals surface area contributed by atoms with Gasteiger partial charge in [-0.3, -0.25) is 4.79 Å². The molecule has 1 aliphatic rings. The Labute approximate surface area is 110 Å². The van der Waals surface area contributed by atoms with Gasteiger partial charge in [-0.05, 0) is 19.1 Å². The zero-order chi connectivity index (χ0) is 13.6. The van der Waals surface area contributed by atoms with Crippen molar-refractivity contribution in [1.82, 2.24) is 19.5 Å². The van der Waals surface area contributed by atoms with E-state index in [9.17, 15) is 4.79 Å². The van der Waals surface area contributed by atoms with Crippen LogP contribution in [0.1, 0.15) is 21.9 Å².